The standard InChI is InChI=1S/C12H17N3O3/c1-8-2-11(16)15(18-8)12(17)7-14-5-9-3-13-4-10(9)6-14/h2,9-10,13H,3-7H2,1H3. The number of nitrogens with one attached hydrogen (secondary N) is 1. The van der Waals surface area contributed by atoms with Gasteiger partial charge < -0.3 is 9.84 Å². The van der Waals surface area contributed by atoms with E-state index in [-0.39, 0.29) is 18.0 Å². The van der Waals surface area contributed by atoms with Crippen molar-refractivity contribution in [3.63, 3.8) is 0 Å². The summed E-state index contributed by atoms with van der Waals surface area (Å²) in [6.45, 7) is 5.86. The maximum Gasteiger partial charge on any atom is 0.290 e. The fourth-order valence-electron chi connectivity index (χ4n) is 2.96. The molecule has 2 fully saturated rings. The lowest BCUT2D eigenvalue weighted by atomic mass is 10.0. The minimum atomic E-state index is -0.376. The first-order valence-electron chi connectivity index (χ1n) is 6.30. The SMILES string of the molecule is Cc1cc(=O)n(C(=O)CN2CC3CNCC3C2)o1. The number of carbonyl (C=O) groups is 1. The number of aromatic nitrogens is 1. The number of nitrogens with zero attached hydrogens (tertiary/aromatic N) is 2. The van der Waals surface area contributed by atoms with Crippen molar-refractivity contribution in [1.29, 1.82) is 0 Å². The van der Waals surface area contributed by atoms with E-state index >= 15 is 0 Å². The van der Waals surface area contributed by atoms with Crippen LogP contribution in [-0.2, 0) is 0 Å². The van der Waals surface area contributed by atoms with Crippen molar-refractivity contribution >= 4 is 5.91 Å². The maximum absolute atomic E-state index is 12.0. The van der Waals surface area contributed by atoms with Crippen molar-refractivity contribution in [3.05, 3.63) is 22.2 Å². The van der Waals surface area contributed by atoms with E-state index in [0.29, 0.717) is 17.6 Å². The first-order valence-corrected chi connectivity index (χ1v) is 6.30. The van der Waals surface area contributed by atoms with Crippen LogP contribution in [0.3, 0.4) is 0 Å². The Morgan fingerprint density at radius 3 is 2.67 bits per heavy atom. The molecular weight excluding hydrogens is 234 g/mol. The first-order chi connectivity index (χ1) is 8.63. The van der Waals surface area contributed by atoms with Gasteiger partial charge in [-0.1, -0.05) is 0 Å². The molecule has 0 saturated carbocycles. The van der Waals surface area contributed by atoms with Crippen LogP contribution in [0.5, 0.6) is 0 Å². The zero-order valence-corrected chi connectivity index (χ0v) is 10.4. The molecule has 0 aliphatic carbocycles. The van der Waals surface area contributed by atoms with Crippen molar-refractivity contribution in [2.75, 3.05) is 32.7 Å². The van der Waals surface area contributed by atoms with Gasteiger partial charge in [0.15, 0.2) is 0 Å². The Hall–Kier alpha value is -1.40. The van der Waals surface area contributed by atoms with Crippen LogP contribution < -0.4 is 10.9 Å². The monoisotopic (exact) mass is 251 g/mol. The average molecular weight is 251 g/mol. The van der Waals surface area contributed by atoms with Crippen molar-refractivity contribution in [1.82, 2.24) is 15.0 Å². The van der Waals surface area contributed by atoms with Crippen LogP contribution in [0.1, 0.15) is 10.6 Å². The molecule has 1 aromatic heterocycles. The minimum absolute atomic E-state index is 0.264. The fourth-order valence-corrected chi connectivity index (χ4v) is 2.96. The van der Waals surface area contributed by atoms with Crippen molar-refractivity contribution in [3.8, 4) is 0 Å². The molecular formula is C12H17N3O3. The smallest absolute Gasteiger partial charge is 0.290 e. The second kappa shape index (κ2) is 4.37. The Kier molecular flexibility index (Phi) is 2.83. The second-order valence-electron chi connectivity index (χ2n) is 5.25. The summed E-state index contributed by atoms with van der Waals surface area (Å²) in [7, 11) is 0. The molecule has 0 amide bonds. The van der Waals surface area contributed by atoms with Crippen molar-refractivity contribution < 1.29 is 9.32 Å². The summed E-state index contributed by atoms with van der Waals surface area (Å²) in [4.78, 5) is 25.6. The van der Waals surface area contributed by atoms with Gasteiger partial charge in [-0.2, -0.15) is 0 Å². The zero-order valence-electron chi connectivity index (χ0n) is 10.4. The molecule has 98 valence electrons. The highest BCUT2D eigenvalue weighted by atomic mass is 16.5. The molecule has 1 N–H and O–H groups in total. The van der Waals surface area contributed by atoms with E-state index in [9.17, 15) is 9.59 Å². The van der Waals surface area contributed by atoms with Crippen LogP contribution >= 0.6 is 0 Å². The molecule has 18 heavy (non-hydrogen) atoms. The molecule has 1 aromatic rings. The molecule has 2 saturated heterocycles. The van der Waals surface area contributed by atoms with Gasteiger partial charge in [0.25, 0.3) is 11.5 Å². The molecule has 3 heterocycles. The van der Waals surface area contributed by atoms with Gasteiger partial charge in [0.2, 0.25) is 0 Å². The first kappa shape index (κ1) is 11.7. The summed E-state index contributed by atoms with van der Waals surface area (Å²) in [6.07, 6.45) is 0. The number of fused-ring (bicyclic) bond motifs is 1. The van der Waals surface area contributed by atoms with E-state index in [2.05, 4.69) is 10.2 Å². The van der Waals surface area contributed by atoms with Crippen molar-refractivity contribution in [2.24, 2.45) is 11.8 Å². The Bertz CT molecular complexity index is 507. The van der Waals surface area contributed by atoms with E-state index in [1.165, 1.54) is 6.07 Å². The number of carbonyl (C=O) groups excluding carboxylic acids is 1. The van der Waals surface area contributed by atoms with E-state index < -0.39 is 0 Å². The quantitative estimate of drug-likeness (QED) is 0.770. The highest BCUT2D eigenvalue weighted by molar-refractivity contribution is 5.79. The molecule has 0 bridgehead atoms. The van der Waals surface area contributed by atoms with Gasteiger partial charge in [0.05, 0.1) is 6.54 Å². The molecule has 2 aliphatic heterocycles. The van der Waals surface area contributed by atoms with Crippen LogP contribution in [0, 0.1) is 18.8 Å². The van der Waals surface area contributed by atoms with Gasteiger partial charge in [-0.3, -0.25) is 14.5 Å². The van der Waals surface area contributed by atoms with Crippen LogP contribution in [0.2, 0.25) is 0 Å². The molecule has 3 rings (SSSR count). The normalized spacial score (nSPS) is 27.6. The lowest BCUT2D eigenvalue weighted by Crippen LogP contribution is -2.35. The molecule has 6 nitrogen and oxygen atoms in total. The molecule has 0 aromatic carbocycles. The van der Waals surface area contributed by atoms with Gasteiger partial charge in [0, 0.05) is 19.2 Å². The number of rotatable bonds is 2. The number of aryl methyl sites for hydroxylation is 1. The highest BCUT2D eigenvalue weighted by Crippen LogP contribution is 2.25. The molecule has 6 heteroatoms. The van der Waals surface area contributed by atoms with Gasteiger partial charge in [0.1, 0.15) is 5.76 Å². The largest absolute Gasteiger partial charge is 0.373 e. The summed E-state index contributed by atoms with van der Waals surface area (Å²) in [5.41, 5.74) is -0.376. The summed E-state index contributed by atoms with van der Waals surface area (Å²) in [5, 5.41) is 3.36. The van der Waals surface area contributed by atoms with E-state index in [1.54, 1.807) is 6.92 Å². The Morgan fingerprint density at radius 2 is 2.11 bits per heavy atom. The van der Waals surface area contributed by atoms with Gasteiger partial charge in [-0.05, 0) is 31.8 Å². The summed E-state index contributed by atoms with van der Waals surface area (Å²) in [6, 6.07) is 1.33. The number of hydrogen-bond donors (Lipinski definition) is 1. The van der Waals surface area contributed by atoms with E-state index in [0.717, 1.165) is 30.9 Å². The second-order valence-corrected chi connectivity index (χ2v) is 5.25. The summed E-state index contributed by atoms with van der Waals surface area (Å²) in [5.74, 6) is 1.48. The predicted octanol–water partition coefficient (Wildman–Crippen LogP) is -0.459. The van der Waals surface area contributed by atoms with Crippen molar-refractivity contribution in [2.45, 2.75) is 6.92 Å². The maximum atomic E-state index is 12.0. The Labute approximate surface area is 105 Å². The molecule has 0 radical (unpaired) electrons. The predicted molar refractivity (Wildman–Crippen MR) is 64.6 cm³/mol. The van der Waals surface area contributed by atoms with Crippen LogP contribution in [0.25, 0.3) is 0 Å². The molecule has 2 aliphatic rings. The lowest BCUT2D eigenvalue weighted by molar-refractivity contribution is 0.0725. The molecule has 0 spiro atoms. The average Bonchev–Trinajstić information content (AvgIpc) is 2.92. The molecule has 2 unspecified atom stereocenters. The highest BCUT2D eigenvalue weighted by Gasteiger charge is 2.36. The van der Waals surface area contributed by atoms with Gasteiger partial charge in [-0.25, -0.2) is 0 Å². The zero-order chi connectivity index (χ0) is 12.7. The van der Waals surface area contributed by atoms with Gasteiger partial charge >= 0.3 is 0 Å². The number of likely N-dealkylation sites (tertiary alicyclic amines) is 1. The third-order valence-corrected chi connectivity index (χ3v) is 3.81. The molecule has 2 atom stereocenters. The fraction of sp³-hybridized carbons (Fsp3) is 0.667. The Balaban J connectivity index is 1.65. The Morgan fingerprint density at radius 1 is 1.44 bits per heavy atom. The number of hydrogen-bond acceptors (Lipinski definition) is 5. The van der Waals surface area contributed by atoms with Gasteiger partial charge in [-0.15, -0.1) is 4.74 Å². The van der Waals surface area contributed by atoms with Crippen LogP contribution in [0.15, 0.2) is 15.4 Å². The summed E-state index contributed by atoms with van der Waals surface area (Å²) >= 11 is 0. The summed E-state index contributed by atoms with van der Waals surface area (Å²) < 4.78 is 5.96. The van der Waals surface area contributed by atoms with E-state index in [4.69, 9.17) is 4.52 Å². The third-order valence-electron chi connectivity index (χ3n) is 3.81. The third kappa shape index (κ3) is 2.02. The van der Waals surface area contributed by atoms with Crippen LogP contribution in [-0.4, -0.2) is 48.3 Å². The lowest BCUT2D eigenvalue weighted by Gasteiger charge is -2.14. The van der Waals surface area contributed by atoms with E-state index in [1.807, 2.05) is 0 Å². The minimum Gasteiger partial charge on any atom is -0.373 e. The van der Waals surface area contributed by atoms with Crippen LogP contribution in [0.4, 0.5) is 0 Å². The topological polar surface area (TPSA) is 67.5 Å².